The van der Waals surface area contributed by atoms with Crippen LogP contribution in [0.25, 0.3) is 0 Å². The summed E-state index contributed by atoms with van der Waals surface area (Å²) in [6.45, 7) is 0.0962. The maximum Gasteiger partial charge on any atom is 0.127 e. The fourth-order valence-corrected chi connectivity index (χ4v) is 2.16. The maximum absolute atomic E-state index is 13.9. The zero-order valence-electron chi connectivity index (χ0n) is 7.89. The Balaban J connectivity index is 2.33. The highest BCUT2D eigenvalue weighted by Gasteiger charge is 2.32. The molecule has 2 N–H and O–H groups in total. The van der Waals surface area contributed by atoms with Gasteiger partial charge in [-0.15, -0.1) is 0 Å². The van der Waals surface area contributed by atoms with Crippen LogP contribution in [0.15, 0.2) is 18.2 Å². The van der Waals surface area contributed by atoms with Crippen molar-refractivity contribution in [1.29, 1.82) is 0 Å². The van der Waals surface area contributed by atoms with Crippen molar-refractivity contribution in [3.05, 3.63) is 34.3 Å². The molecular weight excluding hydrogens is 201 g/mol. The third-order valence-electron chi connectivity index (χ3n) is 2.88. The van der Waals surface area contributed by atoms with E-state index in [4.69, 9.17) is 17.3 Å². The van der Waals surface area contributed by atoms with Crippen LogP contribution < -0.4 is 5.73 Å². The normalized spacial score (nSPS) is 25.9. The number of hydrogen-bond donors (Lipinski definition) is 1. The largest absolute Gasteiger partial charge is 0.328 e. The van der Waals surface area contributed by atoms with Crippen LogP contribution in [0, 0.1) is 0 Å². The van der Waals surface area contributed by atoms with Crippen molar-refractivity contribution >= 4 is 11.6 Å². The lowest BCUT2D eigenvalue weighted by atomic mass is 9.82. The van der Waals surface area contributed by atoms with Crippen molar-refractivity contribution in [3.8, 4) is 0 Å². The van der Waals surface area contributed by atoms with Gasteiger partial charge in [-0.05, 0) is 36.1 Å². The number of alkyl halides is 1. The molecule has 0 spiro atoms. The highest BCUT2D eigenvalue weighted by molar-refractivity contribution is 6.30. The maximum atomic E-state index is 13.9. The minimum atomic E-state index is -1.22. The van der Waals surface area contributed by atoms with E-state index in [0.717, 1.165) is 12.0 Å². The van der Waals surface area contributed by atoms with E-state index in [2.05, 4.69) is 0 Å². The van der Waals surface area contributed by atoms with Crippen LogP contribution in [-0.2, 0) is 12.8 Å². The minimum absolute atomic E-state index is 0.0962. The molecule has 0 fully saturated rings. The first kappa shape index (κ1) is 9.94. The average molecular weight is 214 g/mol. The summed E-state index contributed by atoms with van der Waals surface area (Å²) in [7, 11) is 0. The van der Waals surface area contributed by atoms with Gasteiger partial charge in [-0.25, -0.2) is 4.39 Å². The molecular formula is C11H13ClFN. The van der Waals surface area contributed by atoms with Crippen LogP contribution in [0.1, 0.15) is 17.5 Å². The molecule has 1 aromatic rings. The second-order valence-corrected chi connectivity index (χ2v) is 4.38. The summed E-state index contributed by atoms with van der Waals surface area (Å²) in [5, 5.41) is 0.671. The molecule has 0 radical (unpaired) electrons. The van der Waals surface area contributed by atoms with Gasteiger partial charge in [0.05, 0.1) is 0 Å². The number of rotatable bonds is 1. The number of fused-ring (bicyclic) bond motifs is 1. The van der Waals surface area contributed by atoms with E-state index in [1.165, 1.54) is 5.56 Å². The molecule has 0 bridgehead atoms. The molecule has 1 unspecified atom stereocenters. The Kier molecular flexibility index (Phi) is 2.50. The SMILES string of the molecule is NCC1(F)CCc2ccc(Cl)cc2C1. The Morgan fingerprint density at radius 1 is 1.43 bits per heavy atom. The van der Waals surface area contributed by atoms with E-state index in [9.17, 15) is 4.39 Å². The smallest absolute Gasteiger partial charge is 0.127 e. The van der Waals surface area contributed by atoms with Crippen LogP contribution in [0.3, 0.4) is 0 Å². The Bertz CT molecular complexity index is 353. The fraction of sp³-hybridized carbons (Fsp3) is 0.455. The first-order valence-electron chi connectivity index (χ1n) is 4.79. The summed E-state index contributed by atoms with van der Waals surface area (Å²) in [6, 6.07) is 5.68. The minimum Gasteiger partial charge on any atom is -0.328 e. The standard InChI is InChI=1S/C11H13ClFN/c12-10-2-1-8-3-4-11(13,7-14)6-9(8)5-10/h1-2,5H,3-4,6-7,14H2. The van der Waals surface area contributed by atoms with Gasteiger partial charge >= 0.3 is 0 Å². The third-order valence-corrected chi connectivity index (χ3v) is 3.12. The Morgan fingerprint density at radius 2 is 2.21 bits per heavy atom. The van der Waals surface area contributed by atoms with Crippen molar-refractivity contribution in [2.75, 3.05) is 6.54 Å². The van der Waals surface area contributed by atoms with Crippen LogP contribution in [0.5, 0.6) is 0 Å². The van der Waals surface area contributed by atoms with Gasteiger partial charge in [0.15, 0.2) is 0 Å². The molecule has 1 aromatic carbocycles. The third kappa shape index (κ3) is 1.77. The Morgan fingerprint density at radius 3 is 2.93 bits per heavy atom. The van der Waals surface area contributed by atoms with Crippen molar-refractivity contribution in [2.45, 2.75) is 24.9 Å². The Labute approximate surface area is 88.1 Å². The summed E-state index contributed by atoms with van der Waals surface area (Å²) in [6.07, 6.45) is 1.69. The van der Waals surface area contributed by atoms with E-state index >= 15 is 0 Å². The topological polar surface area (TPSA) is 26.0 Å². The van der Waals surface area contributed by atoms with Gasteiger partial charge in [-0.3, -0.25) is 0 Å². The molecule has 0 saturated carbocycles. The lowest BCUT2D eigenvalue weighted by molar-refractivity contribution is 0.151. The summed E-state index contributed by atoms with van der Waals surface area (Å²) in [5.41, 5.74) is 6.42. The summed E-state index contributed by atoms with van der Waals surface area (Å²) in [4.78, 5) is 0. The molecule has 1 nitrogen and oxygen atoms in total. The molecule has 76 valence electrons. The van der Waals surface area contributed by atoms with Crippen molar-refractivity contribution in [2.24, 2.45) is 5.73 Å². The van der Waals surface area contributed by atoms with E-state index in [1.807, 2.05) is 18.2 Å². The van der Waals surface area contributed by atoms with Gasteiger partial charge in [0.2, 0.25) is 0 Å². The molecule has 0 heterocycles. The second-order valence-electron chi connectivity index (χ2n) is 3.94. The molecule has 0 aromatic heterocycles. The summed E-state index contributed by atoms with van der Waals surface area (Å²) in [5.74, 6) is 0. The first-order chi connectivity index (χ1) is 6.63. The van der Waals surface area contributed by atoms with E-state index in [-0.39, 0.29) is 6.54 Å². The van der Waals surface area contributed by atoms with Crippen LogP contribution in [0.2, 0.25) is 5.02 Å². The van der Waals surface area contributed by atoms with Crippen molar-refractivity contribution < 1.29 is 4.39 Å². The van der Waals surface area contributed by atoms with Gasteiger partial charge in [-0.1, -0.05) is 17.7 Å². The number of nitrogens with two attached hydrogens (primary N) is 1. The molecule has 1 atom stereocenters. The number of hydrogen-bond acceptors (Lipinski definition) is 1. The zero-order valence-corrected chi connectivity index (χ0v) is 8.65. The number of aryl methyl sites for hydroxylation is 1. The van der Waals surface area contributed by atoms with Crippen LogP contribution >= 0.6 is 11.6 Å². The van der Waals surface area contributed by atoms with Crippen LogP contribution in [-0.4, -0.2) is 12.2 Å². The molecule has 3 heteroatoms. The molecule has 14 heavy (non-hydrogen) atoms. The van der Waals surface area contributed by atoms with Gasteiger partial charge < -0.3 is 5.73 Å². The van der Waals surface area contributed by atoms with Gasteiger partial charge in [0.1, 0.15) is 5.67 Å². The lowest BCUT2D eigenvalue weighted by Gasteiger charge is -2.29. The molecule has 2 rings (SSSR count). The number of halogens is 2. The molecule has 1 aliphatic carbocycles. The van der Waals surface area contributed by atoms with Gasteiger partial charge in [0.25, 0.3) is 0 Å². The van der Waals surface area contributed by atoms with Gasteiger partial charge in [0, 0.05) is 18.0 Å². The summed E-state index contributed by atoms with van der Waals surface area (Å²) < 4.78 is 13.9. The second kappa shape index (κ2) is 3.52. The van der Waals surface area contributed by atoms with E-state index in [1.54, 1.807) is 0 Å². The van der Waals surface area contributed by atoms with E-state index in [0.29, 0.717) is 17.9 Å². The zero-order chi connectivity index (χ0) is 10.2. The molecule has 0 amide bonds. The lowest BCUT2D eigenvalue weighted by Crippen LogP contribution is -2.38. The molecule has 0 saturated heterocycles. The predicted octanol–water partition coefficient (Wildman–Crippen LogP) is 2.50. The van der Waals surface area contributed by atoms with Crippen molar-refractivity contribution in [1.82, 2.24) is 0 Å². The Hall–Kier alpha value is -0.600. The first-order valence-corrected chi connectivity index (χ1v) is 5.17. The van der Waals surface area contributed by atoms with Gasteiger partial charge in [-0.2, -0.15) is 0 Å². The van der Waals surface area contributed by atoms with Crippen molar-refractivity contribution in [3.63, 3.8) is 0 Å². The highest BCUT2D eigenvalue weighted by Crippen LogP contribution is 2.32. The van der Waals surface area contributed by atoms with E-state index < -0.39 is 5.67 Å². The number of benzene rings is 1. The quantitative estimate of drug-likeness (QED) is 0.762. The highest BCUT2D eigenvalue weighted by atomic mass is 35.5. The monoisotopic (exact) mass is 213 g/mol. The average Bonchev–Trinajstić information content (AvgIpc) is 2.17. The predicted molar refractivity (Wildman–Crippen MR) is 56.4 cm³/mol. The van der Waals surface area contributed by atoms with Crippen LogP contribution in [0.4, 0.5) is 4.39 Å². The molecule has 0 aliphatic heterocycles. The summed E-state index contributed by atoms with van der Waals surface area (Å²) >= 11 is 5.86. The fourth-order valence-electron chi connectivity index (χ4n) is 1.97. The molecule has 1 aliphatic rings.